The largest absolute Gasteiger partial charge is 0.497 e. The van der Waals surface area contributed by atoms with Crippen LogP contribution in [0.25, 0.3) is 38.5 Å². The van der Waals surface area contributed by atoms with E-state index in [1.165, 1.54) is 0 Å². The van der Waals surface area contributed by atoms with E-state index in [0.29, 0.717) is 23.1 Å². The number of aryl methyl sites for hydroxylation is 2. The lowest BCUT2D eigenvalue weighted by Crippen LogP contribution is -2.07. The van der Waals surface area contributed by atoms with Gasteiger partial charge in [0.1, 0.15) is 11.3 Å². The van der Waals surface area contributed by atoms with Crippen molar-refractivity contribution in [3.63, 3.8) is 0 Å². The molecule has 6 nitrogen and oxygen atoms in total. The van der Waals surface area contributed by atoms with Crippen LogP contribution in [0.1, 0.15) is 24.7 Å². The third-order valence-electron chi connectivity index (χ3n) is 5.42. The molecule has 0 unspecified atom stereocenters. The quantitative estimate of drug-likeness (QED) is 0.316. The summed E-state index contributed by atoms with van der Waals surface area (Å²) in [5, 5.41) is 7.89. The van der Waals surface area contributed by atoms with Crippen molar-refractivity contribution in [3.8, 4) is 11.4 Å². The summed E-state index contributed by atoms with van der Waals surface area (Å²) in [5.41, 5.74) is 3.35. The Labute approximate surface area is 172 Å². The fraction of sp³-hybridized carbons (Fsp3) is 0.208. The van der Waals surface area contributed by atoms with Gasteiger partial charge in [0, 0.05) is 16.8 Å². The van der Waals surface area contributed by atoms with Crippen LogP contribution in [0, 0.1) is 6.92 Å². The average molecular weight is 399 g/mol. The Hall–Kier alpha value is -3.67. The van der Waals surface area contributed by atoms with Crippen molar-refractivity contribution in [1.29, 1.82) is 0 Å². The average Bonchev–Trinajstić information content (AvgIpc) is 3.10. The summed E-state index contributed by atoms with van der Waals surface area (Å²) in [7, 11) is 1.59. The van der Waals surface area contributed by atoms with Crippen LogP contribution in [0.15, 0.2) is 57.7 Å². The van der Waals surface area contributed by atoms with Crippen LogP contribution < -0.4 is 10.4 Å². The summed E-state index contributed by atoms with van der Waals surface area (Å²) < 4.78 is 12.9. The summed E-state index contributed by atoms with van der Waals surface area (Å²) in [5.74, 6) is 0.640. The summed E-state index contributed by atoms with van der Waals surface area (Å²) >= 11 is 0. The Morgan fingerprint density at radius 1 is 1.07 bits per heavy atom. The molecule has 0 aliphatic carbocycles. The number of nitrogens with zero attached hydrogens (tertiary/aromatic N) is 3. The molecule has 0 amide bonds. The predicted molar refractivity (Wildman–Crippen MR) is 118 cm³/mol. The van der Waals surface area contributed by atoms with Gasteiger partial charge in [-0.15, -0.1) is 0 Å². The molecule has 3 aromatic heterocycles. The van der Waals surface area contributed by atoms with Gasteiger partial charge in [-0.3, -0.25) is 0 Å². The van der Waals surface area contributed by atoms with Crippen molar-refractivity contribution in [3.05, 3.63) is 70.3 Å². The second kappa shape index (κ2) is 6.99. The second-order valence-electron chi connectivity index (χ2n) is 7.34. The van der Waals surface area contributed by atoms with E-state index in [0.717, 1.165) is 45.3 Å². The fourth-order valence-corrected chi connectivity index (χ4v) is 4.09. The lowest BCUT2D eigenvalue weighted by molar-refractivity contribution is 0.414. The van der Waals surface area contributed by atoms with Gasteiger partial charge in [-0.05, 0) is 37.6 Å². The van der Waals surface area contributed by atoms with E-state index in [1.54, 1.807) is 13.2 Å². The number of methoxy groups -OCH3 is 1. The molecule has 3 heterocycles. The molecule has 30 heavy (non-hydrogen) atoms. The SMILES string of the molecule is CCCc1nc2c(c(C)nn2-c2ccccc2)c2c1c(=O)oc1cc(OC)ccc12. The van der Waals surface area contributed by atoms with Gasteiger partial charge in [-0.25, -0.2) is 14.5 Å². The highest BCUT2D eigenvalue weighted by molar-refractivity contribution is 6.18. The van der Waals surface area contributed by atoms with E-state index in [1.807, 2.05) is 54.1 Å². The van der Waals surface area contributed by atoms with Gasteiger partial charge in [0.2, 0.25) is 0 Å². The molecule has 0 spiro atoms. The van der Waals surface area contributed by atoms with Gasteiger partial charge in [-0.2, -0.15) is 5.10 Å². The van der Waals surface area contributed by atoms with Gasteiger partial charge in [0.15, 0.2) is 5.65 Å². The van der Waals surface area contributed by atoms with E-state index >= 15 is 0 Å². The molecule has 2 aromatic carbocycles. The van der Waals surface area contributed by atoms with E-state index in [4.69, 9.17) is 19.2 Å². The Morgan fingerprint density at radius 2 is 1.87 bits per heavy atom. The normalized spacial score (nSPS) is 11.6. The van der Waals surface area contributed by atoms with Crippen molar-refractivity contribution in [2.75, 3.05) is 7.11 Å². The number of fused-ring (bicyclic) bond motifs is 5. The molecule has 0 bridgehead atoms. The zero-order valence-electron chi connectivity index (χ0n) is 17.1. The number of hydrogen-bond donors (Lipinski definition) is 0. The first kappa shape index (κ1) is 18.4. The van der Waals surface area contributed by atoms with E-state index in [-0.39, 0.29) is 5.63 Å². The zero-order valence-corrected chi connectivity index (χ0v) is 17.1. The summed E-state index contributed by atoms with van der Waals surface area (Å²) in [6, 6.07) is 15.5. The van der Waals surface area contributed by atoms with Gasteiger partial charge in [0.25, 0.3) is 0 Å². The minimum absolute atomic E-state index is 0.379. The Balaban J connectivity index is 2.01. The lowest BCUT2D eigenvalue weighted by Gasteiger charge is -2.10. The van der Waals surface area contributed by atoms with Crippen LogP contribution in [-0.4, -0.2) is 21.9 Å². The minimum atomic E-state index is -0.379. The maximum Gasteiger partial charge on any atom is 0.346 e. The molecule has 5 aromatic rings. The Kier molecular flexibility index (Phi) is 4.28. The molecule has 0 radical (unpaired) electrons. The Bertz CT molecular complexity index is 1470. The van der Waals surface area contributed by atoms with Crippen molar-refractivity contribution in [1.82, 2.24) is 14.8 Å². The molecule has 0 saturated heterocycles. The van der Waals surface area contributed by atoms with Crippen molar-refractivity contribution in [2.24, 2.45) is 0 Å². The third kappa shape index (κ3) is 2.68. The van der Waals surface area contributed by atoms with Gasteiger partial charge in [-0.1, -0.05) is 31.5 Å². The molecule has 5 rings (SSSR count). The number of benzene rings is 2. The van der Waals surface area contributed by atoms with Crippen LogP contribution in [0.2, 0.25) is 0 Å². The predicted octanol–water partition coefficient (Wildman–Crippen LogP) is 4.95. The first-order valence-corrected chi connectivity index (χ1v) is 10.0. The second-order valence-corrected chi connectivity index (χ2v) is 7.34. The molecule has 0 aliphatic rings. The van der Waals surface area contributed by atoms with Crippen LogP contribution >= 0.6 is 0 Å². The number of rotatable bonds is 4. The van der Waals surface area contributed by atoms with E-state index < -0.39 is 0 Å². The van der Waals surface area contributed by atoms with E-state index in [2.05, 4.69) is 6.92 Å². The topological polar surface area (TPSA) is 70.2 Å². The van der Waals surface area contributed by atoms with Crippen molar-refractivity contribution >= 4 is 32.8 Å². The molecular weight excluding hydrogens is 378 g/mol. The van der Waals surface area contributed by atoms with Crippen LogP contribution in [0.4, 0.5) is 0 Å². The standard InChI is InChI=1S/C24H21N3O3/c1-4-8-18-22-21(17-12-11-16(29-3)13-19(17)30-24(22)28)20-14(2)26-27(23(20)25-18)15-9-6-5-7-10-15/h5-7,9-13H,4,8H2,1-3H3. The van der Waals surface area contributed by atoms with Gasteiger partial charge >= 0.3 is 5.63 Å². The van der Waals surface area contributed by atoms with E-state index in [9.17, 15) is 4.79 Å². The van der Waals surface area contributed by atoms with Gasteiger partial charge < -0.3 is 9.15 Å². The lowest BCUT2D eigenvalue weighted by atomic mass is 10.0. The number of para-hydroxylation sites is 1. The smallest absolute Gasteiger partial charge is 0.346 e. The van der Waals surface area contributed by atoms with Crippen LogP contribution in [0.3, 0.4) is 0 Å². The fourth-order valence-electron chi connectivity index (χ4n) is 4.09. The first-order valence-electron chi connectivity index (χ1n) is 10.0. The van der Waals surface area contributed by atoms with Crippen LogP contribution in [0.5, 0.6) is 5.75 Å². The zero-order chi connectivity index (χ0) is 20.8. The number of hydrogen-bond acceptors (Lipinski definition) is 5. The van der Waals surface area contributed by atoms with Gasteiger partial charge in [0.05, 0.1) is 35.0 Å². The Morgan fingerprint density at radius 3 is 2.60 bits per heavy atom. The number of aromatic nitrogens is 3. The summed E-state index contributed by atoms with van der Waals surface area (Å²) in [6.45, 7) is 4.03. The van der Waals surface area contributed by atoms with Crippen LogP contribution in [-0.2, 0) is 6.42 Å². The highest BCUT2D eigenvalue weighted by Gasteiger charge is 2.21. The molecule has 150 valence electrons. The monoisotopic (exact) mass is 399 g/mol. The molecule has 0 N–H and O–H groups in total. The number of ether oxygens (including phenoxy) is 1. The summed E-state index contributed by atoms with van der Waals surface area (Å²) in [4.78, 5) is 18.0. The minimum Gasteiger partial charge on any atom is -0.497 e. The molecule has 6 heteroatoms. The number of pyridine rings is 1. The molecule has 0 saturated carbocycles. The first-order chi connectivity index (χ1) is 14.6. The summed E-state index contributed by atoms with van der Waals surface area (Å²) in [6.07, 6.45) is 1.55. The maximum absolute atomic E-state index is 13.0. The highest BCUT2D eigenvalue weighted by atomic mass is 16.5. The molecule has 0 atom stereocenters. The van der Waals surface area contributed by atoms with Crippen molar-refractivity contribution < 1.29 is 9.15 Å². The van der Waals surface area contributed by atoms with Crippen molar-refractivity contribution in [2.45, 2.75) is 26.7 Å². The molecule has 0 fully saturated rings. The third-order valence-corrected chi connectivity index (χ3v) is 5.42. The molecular formula is C24H21N3O3. The highest BCUT2D eigenvalue weighted by Crippen LogP contribution is 2.35. The molecule has 0 aliphatic heterocycles. The maximum atomic E-state index is 13.0.